The van der Waals surface area contributed by atoms with Gasteiger partial charge in [0.15, 0.2) is 0 Å². The molecule has 0 saturated carbocycles. The van der Waals surface area contributed by atoms with Gasteiger partial charge in [-0.25, -0.2) is 0 Å². The van der Waals surface area contributed by atoms with E-state index < -0.39 is 0 Å². The van der Waals surface area contributed by atoms with Gasteiger partial charge in [-0.15, -0.1) is 0 Å². The third-order valence-corrected chi connectivity index (χ3v) is 2.12. The lowest BCUT2D eigenvalue weighted by molar-refractivity contribution is 0.303. The van der Waals surface area contributed by atoms with E-state index >= 15 is 0 Å². The second-order valence-corrected chi connectivity index (χ2v) is 3.13. The molecule has 1 aromatic rings. The fraction of sp³-hybridized carbons (Fsp3) is 0.333. The average molecular weight is 192 g/mol. The monoisotopic (exact) mass is 192 g/mol. The minimum atomic E-state index is 0.202. The highest BCUT2D eigenvalue weighted by molar-refractivity contribution is 5.64. The van der Waals surface area contributed by atoms with Gasteiger partial charge >= 0.3 is 0 Å². The summed E-state index contributed by atoms with van der Waals surface area (Å²) in [7, 11) is 1.66. The van der Waals surface area contributed by atoms with Gasteiger partial charge in [0.05, 0.1) is 7.11 Å². The topological polar surface area (TPSA) is 29.5 Å². The van der Waals surface area contributed by atoms with Crippen LogP contribution in [0.3, 0.4) is 0 Å². The lowest BCUT2D eigenvalue weighted by Crippen LogP contribution is -1.85. The van der Waals surface area contributed by atoms with Crippen LogP contribution in [0.1, 0.15) is 18.9 Å². The summed E-state index contributed by atoms with van der Waals surface area (Å²) >= 11 is 0. The van der Waals surface area contributed by atoms with Crippen molar-refractivity contribution in [2.24, 2.45) is 0 Å². The number of aliphatic hydroxyl groups is 1. The molecule has 1 N–H and O–H groups in total. The van der Waals surface area contributed by atoms with E-state index in [4.69, 9.17) is 9.84 Å². The number of aliphatic hydroxyl groups excluding tert-OH is 1. The van der Waals surface area contributed by atoms with Crippen molar-refractivity contribution in [2.45, 2.75) is 13.3 Å². The summed E-state index contributed by atoms with van der Waals surface area (Å²) in [4.78, 5) is 0. The van der Waals surface area contributed by atoms with Crippen molar-refractivity contribution in [3.05, 3.63) is 35.9 Å². The van der Waals surface area contributed by atoms with E-state index in [1.54, 1.807) is 7.11 Å². The van der Waals surface area contributed by atoms with Crippen LogP contribution in [0, 0.1) is 0 Å². The standard InChI is InChI=1S/C12H16O2/c1-10(4-3-9-13)11-5-7-12(14-2)8-6-11/h4-8,13H,3,9H2,1-2H3. The smallest absolute Gasteiger partial charge is 0.118 e. The highest BCUT2D eigenvalue weighted by Crippen LogP contribution is 2.18. The molecule has 0 aromatic heterocycles. The fourth-order valence-corrected chi connectivity index (χ4v) is 1.25. The predicted molar refractivity (Wildman–Crippen MR) is 58.3 cm³/mol. The number of ether oxygens (including phenoxy) is 1. The largest absolute Gasteiger partial charge is 0.497 e. The molecule has 1 aromatic carbocycles. The SMILES string of the molecule is COc1ccc(C(C)=CCCO)cc1. The van der Waals surface area contributed by atoms with Crippen molar-refractivity contribution < 1.29 is 9.84 Å². The Morgan fingerprint density at radius 1 is 1.36 bits per heavy atom. The van der Waals surface area contributed by atoms with E-state index in [2.05, 4.69) is 0 Å². The molecule has 76 valence electrons. The van der Waals surface area contributed by atoms with Crippen LogP contribution in [0.2, 0.25) is 0 Å². The molecular weight excluding hydrogens is 176 g/mol. The van der Waals surface area contributed by atoms with Crippen LogP contribution in [0.4, 0.5) is 0 Å². The predicted octanol–water partition coefficient (Wildman–Crippen LogP) is 2.48. The van der Waals surface area contributed by atoms with E-state index in [-0.39, 0.29) is 6.61 Å². The molecule has 2 nitrogen and oxygen atoms in total. The minimum absolute atomic E-state index is 0.202. The number of hydrogen-bond acceptors (Lipinski definition) is 2. The van der Waals surface area contributed by atoms with Gasteiger partial charge in [-0.3, -0.25) is 0 Å². The van der Waals surface area contributed by atoms with Crippen LogP contribution >= 0.6 is 0 Å². The Bertz CT molecular complexity index is 299. The molecule has 0 fully saturated rings. The molecule has 2 heteroatoms. The second-order valence-electron chi connectivity index (χ2n) is 3.13. The van der Waals surface area contributed by atoms with Crippen molar-refractivity contribution in [1.82, 2.24) is 0 Å². The summed E-state index contributed by atoms with van der Waals surface area (Å²) in [5.41, 5.74) is 2.35. The summed E-state index contributed by atoms with van der Waals surface area (Å²) in [5, 5.41) is 8.68. The molecule has 0 saturated heterocycles. The van der Waals surface area contributed by atoms with Crippen molar-refractivity contribution in [3.8, 4) is 5.75 Å². The molecule has 1 rings (SSSR count). The maximum Gasteiger partial charge on any atom is 0.118 e. The Hall–Kier alpha value is -1.28. The molecule has 0 aliphatic heterocycles. The van der Waals surface area contributed by atoms with Crippen LogP contribution in [0.25, 0.3) is 5.57 Å². The number of allylic oxidation sites excluding steroid dienone is 1. The molecule has 0 bridgehead atoms. The third-order valence-electron chi connectivity index (χ3n) is 2.12. The van der Waals surface area contributed by atoms with Gasteiger partial charge in [-0.2, -0.15) is 0 Å². The molecule has 0 unspecified atom stereocenters. The Kier molecular flexibility index (Phi) is 4.20. The summed E-state index contributed by atoms with van der Waals surface area (Å²) in [6, 6.07) is 7.90. The van der Waals surface area contributed by atoms with Gasteiger partial charge in [0, 0.05) is 6.61 Å². The number of hydrogen-bond donors (Lipinski definition) is 1. The van der Waals surface area contributed by atoms with Gasteiger partial charge < -0.3 is 9.84 Å². The molecule has 14 heavy (non-hydrogen) atoms. The third kappa shape index (κ3) is 2.89. The number of methoxy groups -OCH3 is 1. The lowest BCUT2D eigenvalue weighted by Gasteiger charge is -2.03. The van der Waals surface area contributed by atoms with Crippen LogP contribution in [-0.2, 0) is 0 Å². The van der Waals surface area contributed by atoms with Gasteiger partial charge in [0.1, 0.15) is 5.75 Å². The highest BCUT2D eigenvalue weighted by Gasteiger charge is 1.95. The first kappa shape index (κ1) is 10.8. The van der Waals surface area contributed by atoms with E-state index in [9.17, 15) is 0 Å². The van der Waals surface area contributed by atoms with Crippen molar-refractivity contribution in [1.29, 1.82) is 0 Å². The minimum Gasteiger partial charge on any atom is -0.497 e. The van der Waals surface area contributed by atoms with E-state index in [1.165, 1.54) is 11.1 Å². The molecule has 0 heterocycles. The number of benzene rings is 1. The molecule has 0 aliphatic carbocycles. The lowest BCUT2D eigenvalue weighted by atomic mass is 10.1. The fourth-order valence-electron chi connectivity index (χ4n) is 1.25. The van der Waals surface area contributed by atoms with Crippen molar-refractivity contribution >= 4 is 5.57 Å². The van der Waals surface area contributed by atoms with Crippen LogP contribution in [-0.4, -0.2) is 18.8 Å². The Morgan fingerprint density at radius 3 is 2.50 bits per heavy atom. The molecule has 0 amide bonds. The van der Waals surface area contributed by atoms with E-state index in [0.29, 0.717) is 6.42 Å². The first-order chi connectivity index (χ1) is 6.77. The zero-order valence-corrected chi connectivity index (χ0v) is 8.66. The molecular formula is C12H16O2. The van der Waals surface area contributed by atoms with Crippen LogP contribution in [0.15, 0.2) is 30.3 Å². The quantitative estimate of drug-likeness (QED) is 0.794. The average Bonchev–Trinajstić information content (AvgIpc) is 2.26. The summed E-state index contributed by atoms with van der Waals surface area (Å²) < 4.78 is 5.07. The summed E-state index contributed by atoms with van der Waals surface area (Å²) in [5.74, 6) is 0.865. The second kappa shape index (κ2) is 5.45. The number of rotatable bonds is 4. The Balaban J connectivity index is 2.76. The first-order valence-electron chi connectivity index (χ1n) is 4.70. The summed E-state index contributed by atoms with van der Waals surface area (Å²) in [6.07, 6.45) is 2.74. The van der Waals surface area contributed by atoms with Gasteiger partial charge in [-0.1, -0.05) is 18.2 Å². The maximum absolute atomic E-state index is 8.68. The molecule has 0 atom stereocenters. The zero-order chi connectivity index (χ0) is 10.4. The summed E-state index contributed by atoms with van der Waals surface area (Å²) in [6.45, 7) is 2.24. The van der Waals surface area contributed by atoms with Gasteiger partial charge in [0.2, 0.25) is 0 Å². The van der Waals surface area contributed by atoms with Crippen LogP contribution in [0.5, 0.6) is 5.75 Å². The normalized spacial score (nSPS) is 11.5. The Labute approximate surface area is 84.8 Å². The Morgan fingerprint density at radius 2 is 2.00 bits per heavy atom. The first-order valence-corrected chi connectivity index (χ1v) is 4.70. The molecule has 0 spiro atoms. The molecule has 0 aliphatic rings. The van der Waals surface area contributed by atoms with Crippen LogP contribution < -0.4 is 4.74 Å². The van der Waals surface area contributed by atoms with E-state index in [1.807, 2.05) is 37.3 Å². The van der Waals surface area contributed by atoms with Crippen molar-refractivity contribution in [3.63, 3.8) is 0 Å². The van der Waals surface area contributed by atoms with Crippen molar-refractivity contribution in [2.75, 3.05) is 13.7 Å². The van der Waals surface area contributed by atoms with E-state index in [0.717, 1.165) is 5.75 Å². The zero-order valence-electron chi connectivity index (χ0n) is 8.66. The maximum atomic E-state index is 8.68. The van der Waals surface area contributed by atoms with Gasteiger partial charge in [0.25, 0.3) is 0 Å². The highest BCUT2D eigenvalue weighted by atomic mass is 16.5. The van der Waals surface area contributed by atoms with Gasteiger partial charge in [-0.05, 0) is 36.6 Å². The molecule has 0 radical (unpaired) electrons.